The summed E-state index contributed by atoms with van der Waals surface area (Å²) in [5, 5.41) is 10.6. The zero-order chi connectivity index (χ0) is 19.6. The van der Waals surface area contributed by atoms with Crippen LogP contribution in [-0.2, 0) is 11.3 Å². The molecule has 0 fully saturated rings. The first kappa shape index (κ1) is 22.3. The van der Waals surface area contributed by atoms with Crippen molar-refractivity contribution in [3.8, 4) is 0 Å². The monoisotopic (exact) mass is 362 g/mol. The Morgan fingerprint density at radius 2 is 1.92 bits per heavy atom. The minimum atomic E-state index is -0.595. The SMILES string of the molecule is C=C/C=C(\C=C)C(=O)N(C)Cc1ccc(C(=O)S)cc1[N+](=O)[O-].CC. The van der Waals surface area contributed by atoms with Crippen LogP contribution in [0.3, 0.4) is 0 Å². The molecule has 1 aromatic rings. The van der Waals surface area contributed by atoms with Gasteiger partial charge in [-0.3, -0.25) is 19.7 Å². The Kier molecular flexibility index (Phi) is 9.81. The molecule has 0 radical (unpaired) electrons. The van der Waals surface area contributed by atoms with E-state index in [2.05, 4.69) is 25.8 Å². The molecule has 0 saturated carbocycles. The van der Waals surface area contributed by atoms with E-state index in [0.29, 0.717) is 11.1 Å². The highest BCUT2D eigenvalue weighted by Gasteiger charge is 2.20. The Labute approximate surface area is 153 Å². The Morgan fingerprint density at radius 1 is 1.32 bits per heavy atom. The second kappa shape index (κ2) is 11.0. The number of allylic oxidation sites excluding steroid dienone is 2. The van der Waals surface area contributed by atoms with Crippen molar-refractivity contribution in [1.82, 2.24) is 4.90 Å². The van der Waals surface area contributed by atoms with Gasteiger partial charge in [0.2, 0.25) is 5.12 Å². The van der Waals surface area contributed by atoms with Crippen molar-refractivity contribution in [3.63, 3.8) is 0 Å². The minimum Gasteiger partial charge on any atom is -0.337 e. The van der Waals surface area contributed by atoms with Gasteiger partial charge >= 0.3 is 0 Å². The van der Waals surface area contributed by atoms with Gasteiger partial charge in [-0.2, -0.15) is 0 Å². The number of nitro benzene ring substituents is 1. The standard InChI is InChI=1S/C16H16N2O4S.C2H6/c1-4-6-11(5-2)15(19)17(3)10-13-8-7-12(16(20)23)9-14(13)18(21)22;1-2/h4-9H,1-2,10H2,3H3,(H,20,23);1-2H3/b11-6+;. The summed E-state index contributed by atoms with van der Waals surface area (Å²) in [5.41, 5.74) is 0.520. The molecule has 0 aliphatic heterocycles. The first-order valence-electron chi connectivity index (χ1n) is 7.53. The number of hydrogen-bond donors (Lipinski definition) is 1. The van der Waals surface area contributed by atoms with Crippen LogP contribution in [0.1, 0.15) is 29.8 Å². The van der Waals surface area contributed by atoms with E-state index in [1.807, 2.05) is 13.8 Å². The second-order valence-corrected chi connectivity index (χ2v) is 5.03. The summed E-state index contributed by atoms with van der Waals surface area (Å²) >= 11 is 3.65. The Morgan fingerprint density at radius 3 is 2.36 bits per heavy atom. The number of thiol groups is 1. The summed E-state index contributed by atoms with van der Waals surface area (Å²) in [6, 6.07) is 4.02. The number of nitro groups is 1. The fraction of sp³-hybridized carbons (Fsp3) is 0.222. The van der Waals surface area contributed by atoms with E-state index in [0.717, 1.165) is 6.07 Å². The van der Waals surface area contributed by atoms with Gasteiger partial charge in [0.1, 0.15) is 0 Å². The lowest BCUT2D eigenvalue weighted by Crippen LogP contribution is -2.27. The third-order valence-electron chi connectivity index (χ3n) is 3.05. The van der Waals surface area contributed by atoms with Crippen molar-refractivity contribution < 1.29 is 14.5 Å². The molecule has 0 aromatic heterocycles. The van der Waals surface area contributed by atoms with Gasteiger partial charge < -0.3 is 4.90 Å². The summed E-state index contributed by atoms with van der Waals surface area (Å²) < 4.78 is 0. The largest absolute Gasteiger partial charge is 0.337 e. The van der Waals surface area contributed by atoms with Crippen LogP contribution in [0.5, 0.6) is 0 Å². The highest BCUT2D eigenvalue weighted by molar-refractivity contribution is 7.97. The number of hydrogen-bond acceptors (Lipinski definition) is 4. The van der Waals surface area contributed by atoms with Crippen LogP contribution >= 0.6 is 12.6 Å². The van der Waals surface area contributed by atoms with Crippen LogP contribution < -0.4 is 0 Å². The maximum Gasteiger partial charge on any atom is 0.275 e. The van der Waals surface area contributed by atoms with Crippen molar-refractivity contribution in [1.29, 1.82) is 0 Å². The molecule has 6 nitrogen and oxygen atoms in total. The van der Waals surface area contributed by atoms with E-state index in [-0.39, 0.29) is 23.7 Å². The molecular weight excluding hydrogens is 340 g/mol. The number of rotatable bonds is 7. The van der Waals surface area contributed by atoms with E-state index in [1.165, 1.54) is 42.3 Å². The van der Waals surface area contributed by atoms with Crippen molar-refractivity contribution in [3.05, 3.63) is 76.4 Å². The van der Waals surface area contributed by atoms with Crippen molar-refractivity contribution >= 4 is 29.3 Å². The molecule has 0 aliphatic carbocycles. The van der Waals surface area contributed by atoms with E-state index in [4.69, 9.17) is 0 Å². The molecule has 0 heterocycles. The quantitative estimate of drug-likeness (QED) is 0.262. The molecule has 0 unspecified atom stereocenters. The molecule has 0 spiro atoms. The molecule has 7 heteroatoms. The molecule has 0 aliphatic rings. The van der Waals surface area contributed by atoms with Crippen molar-refractivity contribution in [2.24, 2.45) is 0 Å². The Bertz CT molecular complexity index is 711. The van der Waals surface area contributed by atoms with Gasteiger partial charge in [0.25, 0.3) is 11.6 Å². The molecule has 0 N–H and O–H groups in total. The first-order valence-corrected chi connectivity index (χ1v) is 7.97. The van der Waals surface area contributed by atoms with Gasteiger partial charge in [0.05, 0.1) is 11.5 Å². The third kappa shape index (κ3) is 6.39. The Balaban J connectivity index is 0.00000277. The van der Waals surface area contributed by atoms with Gasteiger partial charge in [0.15, 0.2) is 0 Å². The normalized spacial score (nSPS) is 10.2. The van der Waals surface area contributed by atoms with Crippen LogP contribution in [0, 0.1) is 10.1 Å². The summed E-state index contributed by atoms with van der Waals surface area (Å²) in [4.78, 5) is 35.3. The highest BCUT2D eigenvalue weighted by Crippen LogP contribution is 2.23. The number of carbonyl (C=O) groups is 2. The summed E-state index contributed by atoms with van der Waals surface area (Å²) in [7, 11) is 1.52. The van der Waals surface area contributed by atoms with Crippen LogP contribution in [0.15, 0.2) is 55.2 Å². The maximum absolute atomic E-state index is 12.2. The number of benzene rings is 1. The zero-order valence-electron chi connectivity index (χ0n) is 14.6. The molecule has 0 saturated heterocycles. The van der Waals surface area contributed by atoms with Crippen LogP contribution in [-0.4, -0.2) is 27.9 Å². The second-order valence-electron chi connectivity index (χ2n) is 4.63. The molecule has 0 bridgehead atoms. The van der Waals surface area contributed by atoms with Crippen molar-refractivity contribution in [2.45, 2.75) is 20.4 Å². The number of likely N-dealkylation sites (N-methyl/N-ethyl adjacent to an activating group) is 1. The fourth-order valence-electron chi connectivity index (χ4n) is 1.90. The maximum atomic E-state index is 12.2. The lowest BCUT2D eigenvalue weighted by Gasteiger charge is -2.18. The topological polar surface area (TPSA) is 80.5 Å². The molecule has 134 valence electrons. The van der Waals surface area contributed by atoms with Gasteiger partial charge in [-0.05, 0) is 12.1 Å². The van der Waals surface area contributed by atoms with Crippen LogP contribution in [0.2, 0.25) is 0 Å². The minimum absolute atomic E-state index is 0.0124. The predicted octanol–water partition coefficient (Wildman–Crippen LogP) is 3.95. The predicted molar refractivity (Wildman–Crippen MR) is 103 cm³/mol. The average molecular weight is 362 g/mol. The average Bonchev–Trinajstić information content (AvgIpc) is 2.60. The summed E-state index contributed by atoms with van der Waals surface area (Å²) in [5.74, 6) is -0.344. The van der Waals surface area contributed by atoms with E-state index < -0.39 is 10.0 Å². The number of amides is 1. The lowest BCUT2D eigenvalue weighted by molar-refractivity contribution is -0.385. The summed E-state index contributed by atoms with van der Waals surface area (Å²) in [6.45, 7) is 11.1. The van der Waals surface area contributed by atoms with Gasteiger partial charge in [-0.15, -0.1) is 12.6 Å². The lowest BCUT2D eigenvalue weighted by atomic mass is 10.1. The van der Waals surface area contributed by atoms with Crippen LogP contribution in [0.4, 0.5) is 5.69 Å². The van der Waals surface area contributed by atoms with E-state index in [9.17, 15) is 19.7 Å². The van der Waals surface area contributed by atoms with Gasteiger partial charge in [-0.25, -0.2) is 0 Å². The molecular formula is C18H22N2O4S. The fourth-order valence-corrected chi connectivity index (χ4v) is 2.04. The summed E-state index contributed by atoms with van der Waals surface area (Å²) in [6.07, 6.45) is 4.35. The molecule has 25 heavy (non-hydrogen) atoms. The van der Waals surface area contributed by atoms with Gasteiger partial charge in [-0.1, -0.05) is 45.2 Å². The number of nitrogens with zero attached hydrogens (tertiary/aromatic N) is 2. The zero-order valence-corrected chi connectivity index (χ0v) is 15.5. The Hall–Kier alpha value is -2.67. The first-order chi connectivity index (χ1) is 11.8. The number of carbonyl (C=O) groups excluding carboxylic acids is 2. The van der Waals surface area contributed by atoms with Crippen molar-refractivity contribution in [2.75, 3.05) is 7.05 Å². The van der Waals surface area contributed by atoms with Crippen LogP contribution in [0.25, 0.3) is 0 Å². The van der Waals surface area contributed by atoms with Gasteiger partial charge in [0, 0.05) is 29.8 Å². The molecule has 1 rings (SSSR count). The van der Waals surface area contributed by atoms with E-state index >= 15 is 0 Å². The molecule has 1 aromatic carbocycles. The third-order valence-corrected chi connectivity index (χ3v) is 3.31. The van der Waals surface area contributed by atoms with E-state index in [1.54, 1.807) is 0 Å². The smallest absolute Gasteiger partial charge is 0.275 e. The highest BCUT2D eigenvalue weighted by atomic mass is 32.1. The molecule has 1 amide bonds. The molecule has 0 atom stereocenters.